The van der Waals surface area contributed by atoms with E-state index < -0.39 is 0 Å². The minimum atomic E-state index is 0.189. The van der Waals surface area contributed by atoms with Crippen LogP contribution < -0.4 is 5.32 Å². The predicted molar refractivity (Wildman–Crippen MR) is 60.9 cm³/mol. The molecule has 0 saturated heterocycles. The molecule has 3 N–H and O–H groups in total. The van der Waals surface area contributed by atoms with Crippen molar-refractivity contribution in [3.8, 4) is 0 Å². The average molecular weight is 205 g/mol. The summed E-state index contributed by atoms with van der Waals surface area (Å²) in [7, 11) is 0. The molecule has 2 aromatic rings. The van der Waals surface area contributed by atoms with Crippen LogP contribution in [0.2, 0.25) is 0 Å². The summed E-state index contributed by atoms with van der Waals surface area (Å²) in [6.07, 6.45) is 0.719. The Labute approximate surface area is 88.3 Å². The topological polar surface area (TPSA) is 60.9 Å². The molecule has 1 aromatic carbocycles. The molecular formula is C11H15N3O. The summed E-state index contributed by atoms with van der Waals surface area (Å²) in [6, 6.07) is 8.11. The quantitative estimate of drug-likeness (QED) is 0.712. The lowest BCUT2D eigenvalue weighted by molar-refractivity contribution is 0.282. The Bertz CT molecular complexity index is 405. The van der Waals surface area contributed by atoms with E-state index in [4.69, 9.17) is 5.11 Å². The largest absolute Gasteiger partial charge is 0.396 e. The maximum absolute atomic E-state index is 8.78. The van der Waals surface area contributed by atoms with Crippen LogP contribution in [-0.4, -0.2) is 27.7 Å². The van der Waals surface area contributed by atoms with Crippen LogP contribution in [0.1, 0.15) is 13.3 Å². The van der Waals surface area contributed by atoms with Crippen LogP contribution in [0.25, 0.3) is 11.0 Å². The van der Waals surface area contributed by atoms with E-state index in [1.54, 1.807) is 0 Å². The average Bonchev–Trinajstić information content (AvgIpc) is 2.59. The van der Waals surface area contributed by atoms with Gasteiger partial charge in [0, 0.05) is 12.6 Å². The first-order valence-electron chi connectivity index (χ1n) is 5.12. The number of aromatic nitrogens is 2. The number of anilines is 1. The number of hydrogen-bond donors (Lipinski definition) is 3. The lowest BCUT2D eigenvalue weighted by Crippen LogP contribution is -2.17. The molecule has 0 radical (unpaired) electrons. The number of benzene rings is 1. The van der Waals surface area contributed by atoms with Gasteiger partial charge in [0.25, 0.3) is 0 Å². The van der Waals surface area contributed by atoms with Crippen molar-refractivity contribution in [3.05, 3.63) is 24.3 Å². The molecule has 0 saturated carbocycles. The number of aliphatic hydroxyl groups excluding tert-OH is 1. The Kier molecular flexibility index (Phi) is 2.87. The number of hydrogen-bond acceptors (Lipinski definition) is 3. The highest BCUT2D eigenvalue weighted by Gasteiger charge is 2.04. The van der Waals surface area contributed by atoms with Crippen molar-refractivity contribution in [2.24, 2.45) is 0 Å². The highest BCUT2D eigenvalue weighted by Crippen LogP contribution is 2.14. The lowest BCUT2D eigenvalue weighted by atomic mass is 10.2. The van der Waals surface area contributed by atoms with Gasteiger partial charge in [-0.15, -0.1) is 0 Å². The third-order valence-electron chi connectivity index (χ3n) is 2.33. The normalized spacial score (nSPS) is 12.9. The minimum absolute atomic E-state index is 0.189. The molecule has 1 atom stereocenters. The first-order valence-corrected chi connectivity index (χ1v) is 5.12. The van der Waals surface area contributed by atoms with Crippen molar-refractivity contribution >= 4 is 17.0 Å². The van der Waals surface area contributed by atoms with E-state index in [2.05, 4.69) is 15.3 Å². The Morgan fingerprint density at radius 2 is 2.27 bits per heavy atom. The highest BCUT2D eigenvalue weighted by molar-refractivity contribution is 5.77. The van der Waals surface area contributed by atoms with Gasteiger partial charge in [-0.3, -0.25) is 0 Å². The molecule has 80 valence electrons. The maximum Gasteiger partial charge on any atom is 0.201 e. The molecule has 2 rings (SSSR count). The van der Waals surface area contributed by atoms with Gasteiger partial charge < -0.3 is 15.4 Å². The fourth-order valence-electron chi connectivity index (χ4n) is 1.52. The van der Waals surface area contributed by atoms with Crippen molar-refractivity contribution < 1.29 is 5.11 Å². The van der Waals surface area contributed by atoms with E-state index in [-0.39, 0.29) is 12.6 Å². The van der Waals surface area contributed by atoms with Gasteiger partial charge in [0.2, 0.25) is 5.95 Å². The molecule has 0 aliphatic carbocycles. The van der Waals surface area contributed by atoms with Crippen LogP contribution in [0.5, 0.6) is 0 Å². The summed E-state index contributed by atoms with van der Waals surface area (Å²) < 4.78 is 0. The minimum Gasteiger partial charge on any atom is -0.396 e. The second-order valence-electron chi connectivity index (χ2n) is 3.66. The first-order chi connectivity index (χ1) is 7.29. The Morgan fingerprint density at radius 1 is 1.47 bits per heavy atom. The summed E-state index contributed by atoms with van der Waals surface area (Å²) >= 11 is 0. The van der Waals surface area contributed by atoms with Gasteiger partial charge in [-0.1, -0.05) is 12.1 Å². The smallest absolute Gasteiger partial charge is 0.201 e. The summed E-state index contributed by atoms with van der Waals surface area (Å²) in [5.74, 6) is 0.761. The molecular weight excluding hydrogens is 190 g/mol. The van der Waals surface area contributed by atoms with Crippen molar-refractivity contribution in [2.75, 3.05) is 11.9 Å². The third kappa shape index (κ3) is 2.27. The second-order valence-corrected chi connectivity index (χ2v) is 3.66. The summed E-state index contributed by atoms with van der Waals surface area (Å²) in [5.41, 5.74) is 1.98. The van der Waals surface area contributed by atoms with Crippen LogP contribution in [0.3, 0.4) is 0 Å². The zero-order valence-corrected chi connectivity index (χ0v) is 8.70. The number of aliphatic hydroxyl groups is 1. The summed E-state index contributed by atoms with van der Waals surface area (Å²) in [4.78, 5) is 7.57. The molecule has 0 fully saturated rings. The van der Waals surface area contributed by atoms with Crippen LogP contribution in [0, 0.1) is 0 Å². The number of nitrogens with one attached hydrogen (secondary N) is 2. The molecule has 0 bridgehead atoms. The van der Waals surface area contributed by atoms with Gasteiger partial charge in [0.15, 0.2) is 0 Å². The van der Waals surface area contributed by atoms with Crippen LogP contribution >= 0.6 is 0 Å². The second kappa shape index (κ2) is 4.31. The molecule has 1 aromatic heterocycles. The Balaban J connectivity index is 2.15. The Hall–Kier alpha value is -1.55. The molecule has 0 amide bonds. The SMILES string of the molecule is C[C@@H](CCO)Nc1nc2ccccc2[nH]1. The van der Waals surface area contributed by atoms with E-state index in [9.17, 15) is 0 Å². The van der Waals surface area contributed by atoms with Crippen LogP contribution in [0.4, 0.5) is 5.95 Å². The standard InChI is InChI=1S/C11H15N3O/c1-8(6-7-15)12-11-13-9-4-2-3-5-10(9)14-11/h2-5,8,15H,6-7H2,1H3,(H2,12,13,14)/t8-/m0/s1. The number of nitrogens with zero attached hydrogens (tertiary/aromatic N) is 1. The van der Waals surface area contributed by atoms with E-state index in [1.807, 2.05) is 31.2 Å². The fraction of sp³-hybridized carbons (Fsp3) is 0.364. The molecule has 4 heteroatoms. The Morgan fingerprint density at radius 3 is 3.00 bits per heavy atom. The number of para-hydroxylation sites is 2. The summed E-state index contributed by atoms with van der Waals surface area (Å²) in [6.45, 7) is 2.21. The molecule has 15 heavy (non-hydrogen) atoms. The molecule has 0 unspecified atom stereocenters. The van der Waals surface area contributed by atoms with Crippen LogP contribution in [-0.2, 0) is 0 Å². The fourth-order valence-corrected chi connectivity index (χ4v) is 1.52. The van der Waals surface area contributed by atoms with Gasteiger partial charge >= 0.3 is 0 Å². The third-order valence-corrected chi connectivity index (χ3v) is 2.33. The number of rotatable bonds is 4. The first kappa shape index (κ1) is 9.98. The van der Waals surface area contributed by atoms with Crippen LogP contribution in [0.15, 0.2) is 24.3 Å². The van der Waals surface area contributed by atoms with E-state index in [0.717, 1.165) is 23.4 Å². The van der Waals surface area contributed by atoms with Crippen molar-refractivity contribution in [3.63, 3.8) is 0 Å². The zero-order chi connectivity index (χ0) is 10.7. The van der Waals surface area contributed by atoms with Gasteiger partial charge in [-0.2, -0.15) is 0 Å². The molecule has 0 aliphatic rings. The summed E-state index contributed by atoms with van der Waals surface area (Å²) in [5, 5.41) is 12.0. The maximum atomic E-state index is 8.78. The van der Waals surface area contributed by atoms with E-state index >= 15 is 0 Å². The lowest BCUT2D eigenvalue weighted by Gasteiger charge is -2.10. The predicted octanol–water partition coefficient (Wildman–Crippen LogP) is 1.75. The van der Waals surface area contributed by atoms with Gasteiger partial charge in [0.05, 0.1) is 11.0 Å². The van der Waals surface area contributed by atoms with Crippen molar-refractivity contribution in [2.45, 2.75) is 19.4 Å². The van der Waals surface area contributed by atoms with Crippen molar-refractivity contribution in [1.29, 1.82) is 0 Å². The number of aromatic amines is 1. The van der Waals surface area contributed by atoms with E-state index in [0.29, 0.717) is 0 Å². The number of fused-ring (bicyclic) bond motifs is 1. The molecule has 1 heterocycles. The van der Waals surface area contributed by atoms with Gasteiger partial charge in [0.1, 0.15) is 0 Å². The molecule has 4 nitrogen and oxygen atoms in total. The zero-order valence-electron chi connectivity index (χ0n) is 8.70. The number of H-pyrrole nitrogens is 1. The van der Waals surface area contributed by atoms with Crippen molar-refractivity contribution in [1.82, 2.24) is 9.97 Å². The highest BCUT2D eigenvalue weighted by atomic mass is 16.3. The van der Waals surface area contributed by atoms with E-state index in [1.165, 1.54) is 0 Å². The number of imidazole rings is 1. The monoisotopic (exact) mass is 205 g/mol. The molecule has 0 spiro atoms. The molecule has 0 aliphatic heterocycles. The van der Waals surface area contributed by atoms with Gasteiger partial charge in [-0.25, -0.2) is 4.98 Å². The van der Waals surface area contributed by atoms with Gasteiger partial charge in [-0.05, 0) is 25.5 Å².